The first-order chi connectivity index (χ1) is 7.93. The van der Waals surface area contributed by atoms with Crippen LogP contribution in [0.4, 0.5) is 0 Å². The molecule has 0 aromatic carbocycles. The molecule has 1 saturated carbocycles. The number of piperidine rings is 1. The Balaban J connectivity index is 2.03. The average molecular weight is 240 g/mol. The Morgan fingerprint density at radius 2 is 1.82 bits per heavy atom. The molecular formula is C13H24N2O2. The summed E-state index contributed by atoms with van der Waals surface area (Å²) < 4.78 is 0. The largest absolute Gasteiger partial charge is 0.388 e. The maximum absolute atomic E-state index is 12.5. The van der Waals surface area contributed by atoms with Crippen molar-refractivity contribution in [2.24, 2.45) is 5.73 Å². The number of likely N-dealkylation sites (tertiary alicyclic amines) is 1. The molecule has 0 aromatic heterocycles. The standard InChI is InChI=1S/C13H24N2O2/c1-12(17)6-5-9-15(10-12)11(16)13(14)7-3-2-4-8-13/h17H,2-10,14H2,1H3. The molecule has 4 heteroatoms. The van der Waals surface area contributed by atoms with Gasteiger partial charge in [0.1, 0.15) is 0 Å². The van der Waals surface area contributed by atoms with Gasteiger partial charge in [0.25, 0.3) is 0 Å². The molecule has 1 atom stereocenters. The van der Waals surface area contributed by atoms with Crippen molar-refractivity contribution in [3.63, 3.8) is 0 Å². The summed E-state index contributed by atoms with van der Waals surface area (Å²) in [7, 11) is 0. The lowest BCUT2D eigenvalue weighted by Gasteiger charge is -2.42. The molecule has 17 heavy (non-hydrogen) atoms. The summed E-state index contributed by atoms with van der Waals surface area (Å²) in [5.74, 6) is 0.0529. The van der Waals surface area contributed by atoms with Gasteiger partial charge in [0.05, 0.1) is 11.1 Å². The number of hydrogen-bond donors (Lipinski definition) is 2. The molecular weight excluding hydrogens is 216 g/mol. The molecule has 98 valence electrons. The molecule has 1 unspecified atom stereocenters. The number of nitrogens with two attached hydrogens (primary N) is 1. The van der Waals surface area contributed by atoms with Gasteiger partial charge in [-0.25, -0.2) is 0 Å². The smallest absolute Gasteiger partial charge is 0.242 e. The van der Waals surface area contributed by atoms with Crippen LogP contribution in [0, 0.1) is 0 Å². The van der Waals surface area contributed by atoms with E-state index in [2.05, 4.69) is 0 Å². The van der Waals surface area contributed by atoms with Gasteiger partial charge in [0.15, 0.2) is 0 Å². The van der Waals surface area contributed by atoms with Crippen molar-refractivity contribution in [2.45, 2.75) is 63.0 Å². The second kappa shape index (κ2) is 4.58. The summed E-state index contributed by atoms with van der Waals surface area (Å²) in [5.41, 5.74) is 4.85. The van der Waals surface area contributed by atoms with Crippen LogP contribution in [-0.4, -0.2) is 40.1 Å². The quantitative estimate of drug-likeness (QED) is 0.719. The van der Waals surface area contributed by atoms with E-state index in [1.54, 1.807) is 11.8 Å². The molecule has 0 spiro atoms. The van der Waals surface area contributed by atoms with Crippen molar-refractivity contribution < 1.29 is 9.90 Å². The molecule has 0 aromatic rings. The fourth-order valence-electron chi connectivity index (χ4n) is 3.10. The number of amides is 1. The average Bonchev–Trinajstić information content (AvgIpc) is 2.27. The van der Waals surface area contributed by atoms with E-state index in [4.69, 9.17) is 5.73 Å². The molecule has 2 aliphatic rings. The van der Waals surface area contributed by atoms with E-state index >= 15 is 0 Å². The number of hydrogen-bond acceptors (Lipinski definition) is 3. The zero-order valence-corrected chi connectivity index (χ0v) is 10.7. The normalized spacial score (nSPS) is 33.5. The van der Waals surface area contributed by atoms with E-state index in [0.29, 0.717) is 6.54 Å². The number of carbonyl (C=O) groups is 1. The second-order valence-corrected chi connectivity index (χ2v) is 6.04. The van der Waals surface area contributed by atoms with Gasteiger partial charge in [-0.2, -0.15) is 0 Å². The fourth-order valence-corrected chi connectivity index (χ4v) is 3.10. The minimum atomic E-state index is -0.737. The summed E-state index contributed by atoms with van der Waals surface area (Å²) >= 11 is 0. The van der Waals surface area contributed by atoms with Crippen molar-refractivity contribution in [1.82, 2.24) is 4.90 Å². The molecule has 1 aliphatic heterocycles. The highest BCUT2D eigenvalue weighted by Crippen LogP contribution is 2.30. The van der Waals surface area contributed by atoms with Gasteiger partial charge in [-0.05, 0) is 32.6 Å². The third-order valence-corrected chi connectivity index (χ3v) is 4.13. The number of nitrogens with zero attached hydrogens (tertiary/aromatic N) is 1. The van der Waals surface area contributed by atoms with Crippen molar-refractivity contribution in [3.8, 4) is 0 Å². The lowest BCUT2D eigenvalue weighted by atomic mass is 9.80. The Kier molecular flexibility index (Phi) is 3.46. The highest BCUT2D eigenvalue weighted by atomic mass is 16.3. The molecule has 2 fully saturated rings. The van der Waals surface area contributed by atoms with Crippen LogP contribution >= 0.6 is 0 Å². The Labute approximate surface area is 103 Å². The molecule has 1 heterocycles. The van der Waals surface area contributed by atoms with Gasteiger partial charge in [0.2, 0.25) is 5.91 Å². The number of carbonyl (C=O) groups excluding carboxylic acids is 1. The first kappa shape index (κ1) is 12.8. The minimum absolute atomic E-state index is 0.0529. The summed E-state index contributed by atoms with van der Waals surface area (Å²) in [4.78, 5) is 14.2. The fraction of sp³-hybridized carbons (Fsp3) is 0.923. The predicted molar refractivity (Wildman–Crippen MR) is 66.4 cm³/mol. The predicted octanol–water partition coefficient (Wildman–Crippen LogP) is 1.02. The van der Waals surface area contributed by atoms with E-state index in [9.17, 15) is 9.90 Å². The van der Waals surface area contributed by atoms with Crippen LogP contribution in [0.5, 0.6) is 0 Å². The Hall–Kier alpha value is -0.610. The molecule has 0 bridgehead atoms. The van der Waals surface area contributed by atoms with Crippen molar-refractivity contribution in [3.05, 3.63) is 0 Å². The van der Waals surface area contributed by atoms with Gasteiger partial charge in [-0.15, -0.1) is 0 Å². The van der Waals surface area contributed by atoms with Crippen LogP contribution in [0.2, 0.25) is 0 Å². The van der Waals surface area contributed by atoms with Crippen molar-refractivity contribution in [2.75, 3.05) is 13.1 Å². The van der Waals surface area contributed by atoms with E-state index in [0.717, 1.165) is 45.1 Å². The molecule has 2 rings (SSSR count). The summed E-state index contributed by atoms with van der Waals surface area (Å²) in [6.07, 6.45) is 6.51. The van der Waals surface area contributed by atoms with Gasteiger partial charge < -0.3 is 15.7 Å². The van der Waals surface area contributed by atoms with E-state index < -0.39 is 11.1 Å². The Bertz CT molecular complexity index is 296. The highest BCUT2D eigenvalue weighted by Gasteiger charge is 2.41. The maximum Gasteiger partial charge on any atom is 0.242 e. The van der Waals surface area contributed by atoms with Gasteiger partial charge >= 0.3 is 0 Å². The lowest BCUT2D eigenvalue weighted by molar-refractivity contribution is -0.144. The Morgan fingerprint density at radius 3 is 2.41 bits per heavy atom. The zero-order chi connectivity index (χ0) is 12.5. The van der Waals surface area contributed by atoms with E-state index in [-0.39, 0.29) is 5.91 Å². The Morgan fingerprint density at radius 1 is 1.18 bits per heavy atom. The van der Waals surface area contributed by atoms with Crippen molar-refractivity contribution in [1.29, 1.82) is 0 Å². The van der Waals surface area contributed by atoms with E-state index in [1.165, 1.54) is 6.42 Å². The van der Waals surface area contributed by atoms with E-state index in [1.807, 2.05) is 0 Å². The van der Waals surface area contributed by atoms with Gasteiger partial charge in [-0.3, -0.25) is 4.79 Å². The lowest BCUT2D eigenvalue weighted by Crippen LogP contribution is -2.60. The maximum atomic E-state index is 12.5. The summed E-state index contributed by atoms with van der Waals surface area (Å²) in [5, 5.41) is 10.0. The van der Waals surface area contributed by atoms with Crippen LogP contribution in [0.25, 0.3) is 0 Å². The highest BCUT2D eigenvalue weighted by molar-refractivity contribution is 5.86. The molecule has 3 N–H and O–H groups in total. The zero-order valence-electron chi connectivity index (χ0n) is 10.7. The van der Waals surface area contributed by atoms with Crippen LogP contribution in [0.1, 0.15) is 51.9 Å². The molecule has 0 radical (unpaired) electrons. The monoisotopic (exact) mass is 240 g/mol. The van der Waals surface area contributed by atoms with Crippen LogP contribution in [-0.2, 0) is 4.79 Å². The topological polar surface area (TPSA) is 66.6 Å². The van der Waals surface area contributed by atoms with Crippen LogP contribution < -0.4 is 5.73 Å². The number of aliphatic hydroxyl groups is 1. The molecule has 4 nitrogen and oxygen atoms in total. The first-order valence-electron chi connectivity index (χ1n) is 6.74. The number of β-amino-alcohol motifs (C(OH)–C–C–N with tert-alkyl or cyclic N) is 1. The molecule has 1 saturated heterocycles. The minimum Gasteiger partial charge on any atom is -0.388 e. The first-order valence-corrected chi connectivity index (χ1v) is 6.74. The third-order valence-electron chi connectivity index (χ3n) is 4.13. The van der Waals surface area contributed by atoms with Crippen LogP contribution in [0.3, 0.4) is 0 Å². The summed E-state index contributed by atoms with van der Waals surface area (Å²) in [6.45, 7) is 2.98. The van der Waals surface area contributed by atoms with Crippen molar-refractivity contribution >= 4 is 5.91 Å². The molecule has 1 aliphatic carbocycles. The second-order valence-electron chi connectivity index (χ2n) is 6.04. The number of rotatable bonds is 1. The summed E-state index contributed by atoms with van der Waals surface area (Å²) in [6, 6.07) is 0. The van der Waals surface area contributed by atoms with Gasteiger partial charge in [0, 0.05) is 13.1 Å². The van der Waals surface area contributed by atoms with Gasteiger partial charge in [-0.1, -0.05) is 19.3 Å². The van der Waals surface area contributed by atoms with Crippen LogP contribution in [0.15, 0.2) is 0 Å². The molecule has 1 amide bonds. The third kappa shape index (κ3) is 2.80. The SMILES string of the molecule is CC1(O)CCCN(C(=O)C2(N)CCCCC2)C1.